The Morgan fingerprint density at radius 3 is 2.60 bits per heavy atom. The molecule has 6 rings (SSSR count). The maximum absolute atomic E-state index is 10.4. The molecule has 0 aliphatic carbocycles. The molecule has 8 nitrogen and oxygen atoms in total. The number of pyridine rings is 2. The van der Waals surface area contributed by atoms with Gasteiger partial charge < -0.3 is 5.11 Å². The average Bonchev–Trinajstić information content (AvgIpc) is 3.55. The van der Waals surface area contributed by atoms with E-state index >= 15 is 0 Å². The molecule has 9 heteroatoms. The van der Waals surface area contributed by atoms with Gasteiger partial charge >= 0.3 is 0 Å². The minimum atomic E-state index is -0.621. The van der Waals surface area contributed by atoms with Gasteiger partial charge in [-0.1, -0.05) is 24.3 Å². The fourth-order valence-corrected chi connectivity index (χ4v) is 4.84. The van der Waals surface area contributed by atoms with E-state index in [1.54, 1.807) is 4.68 Å². The lowest BCUT2D eigenvalue weighted by molar-refractivity contribution is 0.0633. The molecule has 0 radical (unpaired) electrons. The van der Waals surface area contributed by atoms with Gasteiger partial charge in [-0.05, 0) is 49.6 Å². The number of aryl methyl sites for hydroxylation is 1. The first-order valence-corrected chi connectivity index (χ1v) is 11.6. The minimum Gasteiger partial charge on any atom is -0.389 e. The lowest BCUT2D eigenvalue weighted by Crippen LogP contribution is -2.31. The molecule has 1 aliphatic rings. The summed E-state index contributed by atoms with van der Waals surface area (Å²) in [5, 5.41) is 24.6. The Bertz CT molecular complexity index is 1520. The van der Waals surface area contributed by atoms with Crippen LogP contribution in [0.15, 0.2) is 61.1 Å². The average molecular weight is 490 g/mol. The lowest BCUT2D eigenvalue weighted by Gasteiger charge is -2.26. The molecule has 1 fully saturated rings. The van der Waals surface area contributed by atoms with E-state index < -0.39 is 5.60 Å². The second-order valence-corrected chi connectivity index (χ2v) is 9.61. The van der Waals surface area contributed by atoms with E-state index in [2.05, 4.69) is 63.6 Å². The molecule has 1 aliphatic heterocycles. The summed E-state index contributed by atoms with van der Waals surface area (Å²) in [6.07, 6.45) is 6.75. The molecule has 1 aromatic carbocycles. The Balaban J connectivity index is 0.00000253. The van der Waals surface area contributed by atoms with Crippen molar-refractivity contribution in [1.29, 1.82) is 0 Å². The Morgan fingerprint density at radius 1 is 1.03 bits per heavy atom. The summed E-state index contributed by atoms with van der Waals surface area (Å²) >= 11 is 0. The molecule has 0 saturated carbocycles. The number of β-amino-alcohol motifs (C(OH)–C–C–N with tert-alkyl or cyclic N) is 1. The van der Waals surface area contributed by atoms with Crippen LogP contribution in [0.4, 0.5) is 0 Å². The molecule has 1 unspecified atom stereocenters. The summed E-state index contributed by atoms with van der Waals surface area (Å²) in [6.45, 7) is 5.65. The van der Waals surface area contributed by atoms with Crippen LogP contribution in [-0.4, -0.2) is 58.1 Å². The van der Waals surface area contributed by atoms with Gasteiger partial charge in [0, 0.05) is 49.5 Å². The zero-order valence-corrected chi connectivity index (χ0v) is 20.8. The first kappa shape index (κ1) is 23.4. The van der Waals surface area contributed by atoms with Gasteiger partial charge in [-0.3, -0.25) is 14.0 Å². The van der Waals surface area contributed by atoms with E-state index in [1.807, 2.05) is 42.9 Å². The maximum atomic E-state index is 10.4. The molecule has 1 N–H and O–H groups in total. The fraction of sp³-hybridized carbons (Fsp3) is 0.308. The van der Waals surface area contributed by atoms with Crippen LogP contribution in [0.3, 0.4) is 0 Å². The highest BCUT2D eigenvalue weighted by molar-refractivity contribution is 5.86. The van der Waals surface area contributed by atoms with Gasteiger partial charge in [-0.15, -0.1) is 22.6 Å². The van der Waals surface area contributed by atoms with Crippen molar-refractivity contribution in [2.24, 2.45) is 7.05 Å². The van der Waals surface area contributed by atoms with Crippen LogP contribution in [0.2, 0.25) is 0 Å². The van der Waals surface area contributed by atoms with Gasteiger partial charge in [-0.25, -0.2) is 4.98 Å². The highest BCUT2D eigenvalue weighted by Crippen LogP contribution is 2.31. The van der Waals surface area contributed by atoms with Gasteiger partial charge in [0.2, 0.25) is 0 Å². The highest BCUT2D eigenvalue weighted by Gasteiger charge is 2.34. The van der Waals surface area contributed by atoms with Crippen molar-refractivity contribution < 1.29 is 5.11 Å². The molecular formula is C26H28ClN7O. The number of hydrogen-bond acceptors (Lipinski definition) is 6. The predicted molar refractivity (Wildman–Crippen MR) is 138 cm³/mol. The number of benzene rings is 1. The Kier molecular flexibility index (Phi) is 5.83. The van der Waals surface area contributed by atoms with Crippen molar-refractivity contribution in [3.05, 3.63) is 66.6 Å². The van der Waals surface area contributed by atoms with E-state index in [0.29, 0.717) is 12.4 Å². The maximum Gasteiger partial charge on any atom is 0.187 e. The van der Waals surface area contributed by atoms with Crippen molar-refractivity contribution in [3.8, 4) is 22.6 Å². The first-order valence-electron chi connectivity index (χ1n) is 11.6. The van der Waals surface area contributed by atoms with Crippen molar-refractivity contribution in [1.82, 2.24) is 34.3 Å². The molecule has 35 heavy (non-hydrogen) atoms. The standard InChI is InChI=1S/C26H27N7O.ClH/c1-17(32-11-10-26(2,34)16-32)20-7-9-24-29-30-25(33(24)15-20)22-8-6-18-4-5-19(12-23(18)28-22)21-13-27-31(3)14-21;/h4-9,12-15,17,34H,10-11,16H2,1-3H3;1H/t17-,26?;/m1./s1. The number of hydrogen-bond donors (Lipinski definition) is 1. The van der Waals surface area contributed by atoms with Crippen LogP contribution in [0.1, 0.15) is 31.9 Å². The van der Waals surface area contributed by atoms with Gasteiger partial charge in [-0.2, -0.15) is 5.10 Å². The van der Waals surface area contributed by atoms with Gasteiger partial charge in [0.15, 0.2) is 11.5 Å². The monoisotopic (exact) mass is 489 g/mol. The largest absolute Gasteiger partial charge is 0.389 e. The number of aromatic nitrogens is 6. The second-order valence-electron chi connectivity index (χ2n) is 9.61. The minimum absolute atomic E-state index is 0. The quantitative estimate of drug-likeness (QED) is 0.405. The summed E-state index contributed by atoms with van der Waals surface area (Å²) in [4.78, 5) is 7.26. The molecule has 1 saturated heterocycles. The Labute approximate surface area is 209 Å². The van der Waals surface area contributed by atoms with Crippen LogP contribution in [0.25, 0.3) is 39.2 Å². The molecule has 2 atom stereocenters. The predicted octanol–water partition coefficient (Wildman–Crippen LogP) is 4.28. The summed E-state index contributed by atoms with van der Waals surface area (Å²) in [5.74, 6) is 0.714. The normalized spacial score (nSPS) is 19.3. The molecular weight excluding hydrogens is 462 g/mol. The fourth-order valence-electron chi connectivity index (χ4n) is 4.84. The molecule has 0 amide bonds. The molecule has 0 bridgehead atoms. The Morgan fingerprint density at radius 2 is 1.86 bits per heavy atom. The van der Waals surface area contributed by atoms with Gasteiger partial charge in [0.05, 0.1) is 17.3 Å². The molecule has 180 valence electrons. The smallest absolute Gasteiger partial charge is 0.187 e. The van der Waals surface area contributed by atoms with E-state index in [-0.39, 0.29) is 18.4 Å². The number of aliphatic hydroxyl groups is 1. The number of likely N-dealkylation sites (tertiary alicyclic amines) is 1. The number of fused-ring (bicyclic) bond motifs is 2. The van der Waals surface area contributed by atoms with E-state index in [1.165, 1.54) is 0 Å². The molecule has 0 spiro atoms. The summed E-state index contributed by atoms with van der Waals surface area (Å²) < 4.78 is 3.81. The third-order valence-corrected chi connectivity index (χ3v) is 6.90. The third-order valence-electron chi connectivity index (χ3n) is 6.90. The molecule has 4 aromatic heterocycles. The van der Waals surface area contributed by atoms with Crippen molar-refractivity contribution >= 4 is 29.0 Å². The topological polar surface area (TPSA) is 84.4 Å². The number of nitrogens with zero attached hydrogens (tertiary/aromatic N) is 7. The van der Waals surface area contributed by atoms with Gasteiger partial charge in [0.1, 0.15) is 5.69 Å². The van der Waals surface area contributed by atoms with Crippen molar-refractivity contribution in [2.75, 3.05) is 13.1 Å². The van der Waals surface area contributed by atoms with Crippen LogP contribution in [0.5, 0.6) is 0 Å². The van der Waals surface area contributed by atoms with E-state index in [9.17, 15) is 5.11 Å². The summed E-state index contributed by atoms with van der Waals surface area (Å²) in [7, 11) is 1.92. The van der Waals surface area contributed by atoms with Crippen LogP contribution < -0.4 is 0 Å². The molecule has 5 heterocycles. The summed E-state index contributed by atoms with van der Waals surface area (Å²) in [6, 6.07) is 14.6. The second kappa shape index (κ2) is 8.71. The highest BCUT2D eigenvalue weighted by atomic mass is 35.5. The SMILES string of the molecule is C[C@H](c1ccc2nnc(-c3ccc4ccc(-c5cnn(C)c5)cc4n3)n2c1)N1CCC(C)(O)C1.Cl. The van der Waals surface area contributed by atoms with Crippen LogP contribution in [-0.2, 0) is 7.05 Å². The van der Waals surface area contributed by atoms with Crippen molar-refractivity contribution in [2.45, 2.75) is 31.9 Å². The van der Waals surface area contributed by atoms with Crippen molar-refractivity contribution in [3.63, 3.8) is 0 Å². The van der Waals surface area contributed by atoms with Gasteiger partial charge in [0.25, 0.3) is 0 Å². The Hall–Kier alpha value is -3.33. The van der Waals surface area contributed by atoms with E-state index in [0.717, 1.165) is 51.9 Å². The number of rotatable bonds is 4. The molecule has 5 aromatic rings. The number of halogens is 1. The zero-order valence-electron chi connectivity index (χ0n) is 20.0. The van der Waals surface area contributed by atoms with E-state index in [4.69, 9.17) is 4.98 Å². The first-order chi connectivity index (χ1) is 16.4. The lowest BCUT2D eigenvalue weighted by atomic mass is 10.1. The van der Waals surface area contributed by atoms with Crippen LogP contribution in [0, 0.1) is 0 Å². The van der Waals surface area contributed by atoms with Crippen LogP contribution >= 0.6 is 12.4 Å². The zero-order chi connectivity index (χ0) is 23.4. The third kappa shape index (κ3) is 4.29. The summed E-state index contributed by atoms with van der Waals surface area (Å²) in [5.41, 5.74) is 5.13.